The van der Waals surface area contributed by atoms with E-state index >= 15 is 0 Å². The van der Waals surface area contributed by atoms with Crippen LogP contribution in [-0.4, -0.2) is 16.0 Å². The molecule has 1 aliphatic carbocycles. The molecule has 100 valence electrons. The lowest BCUT2D eigenvalue weighted by Crippen LogP contribution is -2.21. The van der Waals surface area contributed by atoms with Crippen LogP contribution < -0.4 is 5.32 Å². The van der Waals surface area contributed by atoms with Crippen LogP contribution in [0, 0.1) is 0 Å². The molecule has 0 bridgehead atoms. The van der Waals surface area contributed by atoms with Gasteiger partial charge in [0.25, 0.3) is 0 Å². The van der Waals surface area contributed by atoms with E-state index in [-0.39, 0.29) is 0 Å². The molecule has 0 unspecified atom stereocenters. The highest BCUT2D eigenvalue weighted by Gasteiger charge is 2.13. The highest BCUT2D eigenvalue weighted by Crippen LogP contribution is 2.23. The van der Waals surface area contributed by atoms with E-state index in [2.05, 4.69) is 27.4 Å². The maximum Gasteiger partial charge on any atom is 0.137 e. The first-order valence-corrected chi connectivity index (χ1v) is 7.40. The zero-order valence-electron chi connectivity index (χ0n) is 11.3. The fourth-order valence-electron chi connectivity index (χ4n) is 2.91. The molecule has 1 heterocycles. The van der Waals surface area contributed by atoms with Gasteiger partial charge in [-0.3, -0.25) is 0 Å². The summed E-state index contributed by atoms with van der Waals surface area (Å²) in [6.07, 6.45) is 11.0. The van der Waals surface area contributed by atoms with Crippen molar-refractivity contribution >= 4 is 16.7 Å². The Balaban J connectivity index is 1.80. The normalized spacial score (nSPS) is 17.9. The molecule has 1 fully saturated rings. The third-order valence-corrected chi connectivity index (χ3v) is 3.99. The van der Waals surface area contributed by atoms with Gasteiger partial charge in [0.2, 0.25) is 0 Å². The van der Waals surface area contributed by atoms with Crippen molar-refractivity contribution in [2.45, 2.75) is 51.0 Å². The maximum absolute atomic E-state index is 4.43. The second kappa shape index (κ2) is 6.00. The Morgan fingerprint density at radius 2 is 1.63 bits per heavy atom. The van der Waals surface area contributed by atoms with Gasteiger partial charge in [0, 0.05) is 11.4 Å². The lowest BCUT2D eigenvalue weighted by Gasteiger charge is -2.22. The Morgan fingerprint density at radius 1 is 0.895 bits per heavy atom. The molecule has 3 rings (SSSR count). The number of para-hydroxylation sites is 1. The molecule has 1 saturated carbocycles. The van der Waals surface area contributed by atoms with Crippen LogP contribution in [-0.2, 0) is 0 Å². The Kier molecular flexibility index (Phi) is 3.92. The molecule has 2 aromatic rings. The molecule has 3 heteroatoms. The topological polar surface area (TPSA) is 37.8 Å². The fourth-order valence-corrected chi connectivity index (χ4v) is 2.91. The van der Waals surface area contributed by atoms with Crippen LogP contribution >= 0.6 is 0 Å². The Hall–Kier alpha value is -1.64. The van der Waals surface area contributed by atoms with E-state index in [0.717, 1.165) is 16.7 Å². The summed E-state index contributed by atoms with van der Waals surface area (Å²) < 4.78 is 0. The first-order valence-electron chi connectivity index (χ1n) is 7.40. The Labute approximate surface area is 114 Å². The predicted molar refractivity (Wildman–Crippen MR) is 79.3 cm³/mol. The van der Waals surface area contributed by atoms with Crippen LogP contribution in [0.5, 0.6) is 0 Å². The van der Waals surface area contributed by atoms with Crippen LogP contribution in [0.15, 0.2) is 30.6 Å². The van der Waals surface area contributed by atoms with Crippen LogP contribution in [0.3, 0.4) is 0 Å². The number of fused-ring (bicyclic) bond motifs is 1. The van der Waals surface area contributed by atoms with E-state index in [1.54, 1.807) is 6.33 Å². The van der Waals surface area contributed by atoms with Crippen LogP contribution in [0.25, 0.3) is 10.9 Å². The number of rotatable bonds is 2. The zero-order chi connectivity index (χ0) is 12.9. The van der Waals surface area contributed by atoms with Gasteiger partial charge in [0.15, 0.2) is 0 Å². The quantitative estimate of drug-likeness (QED) is 0.875. The van der Waals surface area contributed by atoms with Gasteiger partial charge < -0.3 is 5.32 Å². The number of hydrogen-bond donors (Lipinski definition) is 1. The smallest absolute Gasteiger partial charge is 0.137 e. The minimum absolute atomic E-state index is 0.568. The fraction of sp³-hybridized carbons (Fsp3) is 0.500. The molecule has 1 aliphatic rings. The molecule has 1 N–H and O–H groups in total. The molecule has 0 atom stereocenters. The van der Waals surface area contributed by atoms with Gasteiger partial charge in [-0.05, 0) is 25.0 Å². The van der Waals surface area contributed by atoms with Crippen molar-refractivity contribution in [3.8, 4) is 0 Å². The van der Waals surface area contributed by atoms with Crippen LogP contribution in [0.1, 0.15) is 44.9 Å². The van der Waals surface area contributed by atoms with E-state index < -0.39 is 0 Å². The predicted octanol–water partition coefficient (Wildman–Crippen LogP) is 4.15. The van der Waals surface area contributed by atoms with Gasteiger partial charge in [0.1, 0.15) is 12.1 Å². The summed E-state index contributed by atoms with van der Waals surface area (Å²) in [5.74, 6) is 0.996. The van der Waals surface area contributed by atoms with Gasteiger partial charge in [-0.25, -0.2) is 9.97 Å². The summed E-state index contributed by atoms with van der Waals surface area (Å²) in [6.45, 7) is 0. The number of nitrogens with one attached hydrogen (secondary N) is 1. The van der Waals surface area contributed by atoms with Crippen molar-refractivity contribution in [2.24, 2.45) is 0 Å². The van der Waals surface area contributed by atoms with Crippen LogP contribution in [0.4, 0.5) is 5.82 Å². The highest BCUT2D eigenvalue weighted by atomic mass is 15.0. The first-order chi connectivity index (χ1) is 9.43. The second-order valence-corrected chi connectivity index (χ2v) is 5.43. The van der Waals surface area contributed by atoms with E-state index in [0.29, 0.717) is 6.04 Å². The molecule has 1 aromatic heterocycles. The van der Waals surface area contributed by atoms with E-state index in [4.69, 9.17) is 0 Å². The van der Waals surface area contributed by atoms with Gasteiger partial charge in [-0.1, -0.05) is 44.2 Å². The summed E-state index contributed by atoms with van der Waals surface area (Å²) >= 11 is 0. The van der Waals surface area contributed by atoms with Crippen molar-refractivity contribution in [1.29, 1.82) is 0 Å². The monoisotopic (exact) mass is 255 g/mol. The lowest BCUT2D eigenvalue weighted by molar-refractivity contribution is 0.471. The van der Waals surface area contributed by atoms with E-state index in [1.165, 1.54) is 44.9 Å². The van der Waals surface area contributed by atoms with E-state index in [9.17, 15) is 0 Å². The molecular formula is C16H21N3. The summed E-state index contributed by atoms with van der Waals surface area (Å²) in [6, 6.07) is 8.78. The standard InChI is InChI=1S/C16H21N3/c1-2-4-8-13(9-5-3-1)19-16-14-10-6-7-11-15(14)17-12-18-16/h6-7,10-13H,1-5,8-9H2,(H,17,18,19). The number of aromatic nitrogens is 2. The molecule has 0 spiro atoms. The largest absolute Gasteiger partial charge is 0.367 e. The summed E-state index contributed by atoms with van der Waals surface area (Å²) in [4.78, 5) is 8.75. The van der Waals surface area contributed by atoms with Gasteiger partial charge in [-0.15, -0.1) is 0 Å². The second-order valence-electron chi connectivity index (χ2n) is 5.43. The van der Waals surface area contributed by atoms with Crippen molar-refractivity contribution < 1.29 is 0 Å². The van der Waals surface area contributed by atoms with E-state index in [1.807, 2.05) is 12.1 Å². The van der Waals surface area contributed by atoms with Gasteiger partial charge >= 0.3 is 0 Å². The minimum Gasteiger partial charge on any atom is -0.367 e. The summed E-state index contributed by atoms with van der Waals surface area (Å²) in [5.41, 5.74) is 1.02. The number of anilines is 1. The van der Waals surface area contributed by atoms with Crippen molar-refractivity contribution in [3.63, 3.8) is 0 Å². The molecular weight excluding hydrogens is 234 g/mol. The molecule has 0 saturated heterocycles. The van der Waals surface area contributed by atoms with Gasteiger partial charge in [0.05, 0.1) is 5.52 Å². The minimum atomic E-state index is 0.568. The third kappa shape index (κ3) is 3.03. The summed E-state index contributed by atoms with van der Waals surface area (Å²) in [7, 11) is 0. The van der Waals surface area contributed by atoms with Crippen molar-refractivity contribution in [1.82, 2.24) is 9.97 Å². The number of hydrogen-bond acceptors (Lipinski definition) is 3. The first kappa shape index (κ1) is 12.4. The summed E-state index contributed by atoms with van der Waals surface area (Å²) in [5, 5.41) is 4.77. The molecule has 3 nitrogen and oxygen atoms in total. The molecule has 0 radical (unpaired) electrons. The Morgan fingerprint density at radius 3 is 2.47 bits per heavy atom. The molecule has 1 aromatic carbocycles. The third-order valence-electron chi connectivity index (χ3n) is 3.99. The average molecular weight is 255 g/mol. The molecule has 0 amide bonds. The zero-order valence-corrected chi connectivity index (χ0v) is 11.3. The Bertz CT molecular complexity index is 525. The molecule has 0 aliphatic heterocycles. The van der Waals surface area contributed by atoms with Gasteiger partial charge in [-0.2, -0.15) is 0 Å². The number of nitrogens with zero attached hydrogens (tertiary/aromatic N) is 2. The number of benzene rings is 1. The molecule has 19 heavy (non-hydrogen) atoms. The highest BCUT2D eigenvalue weighted by molar-refractivity contribution is 5.88. The lowest BCUT2D eigenvalue weighted by atomic mass is 9.96. The average Bonchev–Trinajstić information content (AvgIpc) is 2.42. The van der Waals surface area contributed by atoms with Crippen LogP contribution in [0.2, 0.25) is 0 Å². The van der Waals surface area contributed by atoms with Crippen molar-refractivity contribution in [3.05, 3.63) is 30.6 Å². The SMILES string of the molecule is c1ccc2c(NC3CCCCCCC3)ncnc2c1. The van der Waals surface area contributed by atoms with Crippen molar-refractivity contribution in [2.75, 3.05) is 5.32 Å². The maximum atomic E-state index is 4.43.